The van der Waals surface area contributed by atoms with Gasteiger partial charge in [0, 0.05) is 17.7 Å². The Labute approximate surface area is 259 Å². The second kappa shape index (κ2) is 11.5. The van der Waals surface area contributed by atoms with E-state index in [0.717, 1.165) is 20.4 Å². The number of nitro benzene ring substituents is 1. The lowest BCUT2D eigenvalue weighted by Gasteiger charge is -2.44. The number of fused-ring (bicyclic) bond motifs is 2. The quantitative estimate of drug-likeness (QED) is 0.0745. The van der Waals surface area contributed by atoms with E-state index in [2.05, 4.69) is 38.8 Å². The molecule has 2 aliphatic rings. The third-order valence-corrected chi connectivity index (χ3v) is 15.3. The van der Waals surface area contributed by atoms with Crippen LogP contribution in [0.15, 0.2) is 41.3 Å². The molecule has 1 N–H and O–H groups in total. The number of aromatic nitrogens is 2. The van der Waals surface area contributed by atoms with Crippen molar-refractivity contribution >= 4 is 59.4 Å². The number of aliphatic hydroxyl groups is 1. The molecular weight excluding hydrogens is 609 g/mol. The van der Waals surface area contributed by atoms with Crippen molar-refractivity contribution in [2.75, 3.05) is 6.26 Å². The molecule has 0 bridgehead atoms. The minimum absolute atomic E-state index is 0.0111. The second-order valence-corrected chi connectivity index (χ2v) is 19.0. The highest BCUT2D eigenvalue weighted by molar-refractivity contribution is 7.98. The normalized spacial score (nSPS) is 19.5. The Morgan fingerprint density at radius 1 is 1.28 bits per heavy atom. The number of imidazole rings is 1. The van der Waals surface area contributed by atoms with E-state index >= 15 is 0 Å². The number of aliphatic hydroxyl groups excluding tert-OH is 1. The van der Waals surface area contributed by atoms with E-state index in [9.17, 15) is 24.8 Å². The van der Waals surface area contributed by atoms with Crippen molar-refractivity contribution in [3.8, 4) is 0 Å². The lowest BCUT2D eigenvalue weighted by molar-refractivity contribution is -0.384. The van der Waals surface area contributed by atoms with E-state index in [-0.39, 0.29) is 35.0 Å². The fraction of sp³-hybridized carbons (Fsp3) is 0.483. The Morgan fingerprint density at radius 2 is 1.95 bits per heavy atom. The van der Waals surface area contributed by atoms with Crippen molar-refractivity contribution in [2.24, 2.45) is 5.92 Å². The van der Waals surface area contributed by atoms with Crippen LogP contribution in [0.25, 0.3) is 10.4 Å². The topological polar surface area (TPSA) is 137 Å². The average Bonchev–Trinajstić information content (AvgIpc) is 3.59. The van der Waals surface area contributed by atoms with Gasteiger partial charge in [-0.2, -0.15) is 0 Å². The summed E-state index contributed by atoms with van der Waals surface area (Å²) in [6.07, 6.45) is 3.26. The number of β-lactam (4-membered cyclic amide) rings is 1. The van der Waals surface area contributed by atoms with Crippen molar-refractivity contribution in [1.29, 1.82) is 0 Å². The Hall–Kier alpha value is -3.04. The highest BCUT2D eigenvalue weighted by Gasteiger charge is 2.57. The summed E-state index contributed by atoms with van der Waals surface area (Å²) in [7, 11) is -2.15. The van der Waals surface area contributed by atoms with Gasteiger partial charge < -0.3 is 19.2 Å². The standard InChI is InChI=1S/C29H36N4O7S2Si/c1-16(34)22-20-12-19(23(32(20)26(22)35)28(36)39-13-17-8-10-18(11-9-17)33(37)38)24-21(14-40-43(6,7)29(2,3)4)31-15-30-25(41-5)27(31)42-24/h8-11,15-16,20,22,34H,12-14H2,1-7H3/t16-,20-,22-/m1/s1. The first-order valence-electron chi connectivity index (χ1n) is 14.0. The number of carbonyl (C=O) groups is 2. The fourth-order valence-corrected chi connectivity index (χ4v) is 8.14. The van der Waals surface area contributed by atoms with Gasteiger partial charge in [-0.15, -0.1) is 23.1 Å². The fourth-order valence-electron chi connectivity index (χ4n) is 5.24. The number of nitrogens with zero attached hydrogens (tertiary/aromatic N) is 4. The van der Waals surface area contributed by atoms with Crippen LogP contribution in [0.3, 0.4) is 0 Å². The third kappa shape index (κ3) is 5.55. The number of esters is 1. The molecule has 0 unspecified atom stereocenters. The summed E-state index contributed by atoms with van der Waals surface area (Å²) in [6, 6.07) is 5.41. The van der Waals surface area contributed by atoms with Gasteiger partial charge in [0.1, 0.15) is 28.5 Å². The zero-order valence-corrected chi connectivity index (χ0v) is 27.9. The number of thiazole rings is 1. The van der Waals surface area contributed by atoms with Crippen LogP contribution in [0.4, 0.5) is 5.69 Å². The highest BCUT2D eigenvalue weighted by atomic mass is 32.2. The smallest absolute Gasteiger partial charge is 0.355 e. The maximum Gasteiger partial charge on any atom is 0.355 e. The van der Waals surface area contributed by atoms with Crippen LogP contribution in [0.1, 0.15) is 50.3 Å². The van der Waals surface area contributed by atoms with Crippen molar-refractivity contribution in [3.63, 3.8) is 0 Å². The average molecular weight is 645 g/mol. The minimum atomic E-state index is -2.15. The minimum Gasteiger partial charge on any atom is -0.456 e. The number of hydrogen-bond acceptors (Lipinski definition) is 10. The Bertz CT molecular complexity index is 1620. The van der Waals surface area contributed by atoms with Gasteiger partial charge in [0.25, 0.3) is 5.69 Å². The summed E-state index contributed by atoms with van der Waals surface area (Å²) >= 11 is 3.03. The summed E-state index contributed by atoms with van der Waals surface area (Å²) in [5.74, 6) is -1.59. The number of non-ortho nitro benzene ring substituents is 1. The van der Waals surface area contributed by atoms with E-state index < -0.39 is 31.2 Å². The first-order chi connectivity index (χ1) is 20.2. The molecule has 0 radical (unpaired) electrons. The summed E-state index contributed by atoms with van der Waals surface area (Å²) in [5, 5.41) is 22.2. The molecule has 0 aliphatic carbocycles. The number of nitro groups is 1. The Morgan fingerprint density at radius 3 is 2.53 bits per heavy atom. The molecule has 1 amide bonds. The van der Waals surface area contributed by atoms with Crippen LogP contribution in [0.2, 0.25) is 18.1 Å². The van der Waals surface area contributed by atoms with Gasteiger partial charge >= 0.3 is 5.97 Å². The first-order valence-corrected chi connectivity index (χ1v) is 18.9. The monoisotopic (exact) mass is 644 g/mol. The SMILES string of the molecule is CSc1ncn2c(CO[Si](C)(C)C(C)(C)C)c(C3=C(C(=O)OCc4ccc([N+](=O)[O-])cc4)N4C(=O)[C@H]([C@@H](C)O)[C@H]4C3)sc12. The maximum atomic E-state index is 13.7. The largest absolute Gasteiger partial charge is 0.456 e. The molecule has 1 fully saturated rings. The van der Waals surface area contributed by atoms with Crippen LogP contribution in [0, 0.1) is 16.0 Å². The molecule has 1 saturated heterocycles. The number of benzene rings is 1. The summed E-state index contributed by atoms with van der Waals surface area (Å²) in [5.41, 5.74) is 2.24. The summed E-state index contributed by atoms with van der Waals surface area (Å²) < 4.78 is 14.4. The number of rotatable bonds is 10. The molecule has 0 saturated carbocycles. The van der Waals surface area contributed by atoms with Gasteiger partial charge in [-0.05, 0) is 55.4 Å². The number of amides is 1. The molecule has 43 heavy (non-hydrogen) atoms. The molecule has 11 nitrogen and oxygen atoms in total. The van der Waals surface area contributed by atoms with Crippen LogP contribution in [-0.2, 0) is 32.0 Å². The molecule has 0 spiro atoms. The summed E-state index contributed by atoms with van der Waals surface area (Å²) in [4.78, 5) is 45.3. The molecule has 230 valence electrons. The Kier molecular flexibility index (Phi) is 8.37. The van der Waals surface area contributed by atoms with Crippen LogP contribution in [-0.4, -0.2) is 62.9 Å². The van der Waals surface area contributed by atoms with Gasteiger partial charge in [0.05, 0.1) is 40.2 Å². The molecule has 3 aromatic rings. The lowest BCUT2D eigenvalue weighted by atomic mass is 9.83. The van der Waals surface area contributed by atoms with Crippen molar-refractivity contribution < 1.29 is 28.8 Å². The van der Waals surface area contributed by atoms with Crippen LogP contribution < -0.4 is 0 Å². The van der Waals surface area contributed by atoms with E-state index in [1.165, 1.54) is 52.3 Å². The Balaban J connectivity index is 1.55. The van der Waals surface area contributed by atoms with E-state index in [0.29, 0.717) is 24.2 Å². The molecule has 14 heteroatoms. The molecular formula is C29H36N4O7S2Si. The predicted octanol–water partition coefficient (Wildman–Crippen LogP) is 5.61. The van der Waals surface area contributed by atoms with Crippen molar-refractivity contribution in [1.82, 2.24) is 14.3 Å². The lowest BCUT2D eigenvalue weighted by Crippen LogP contribution is -2.61. The molecule has 3 atom stereocenters. The van der Waals surface area contributed by atoms with E-state index in [1.54, 1.807) is 13.3 Å². The summed E-state index contributed by atoms with van der Waals surface area (Å²) in [6.45, 7) is 12.7. The van der Waals surface area contributed by atoms with Crippen LogP contribution >= 0.6 is 23.1 Å². The number of carbonyl (C=O) groups excluding carboxylic acids is 2. The maximum absolute atomic E-state index is 13.7. The van der Waals surface area contributed by atoms with Crippen molar-refractivity contribution in [2.45, 2.75) is 82.6 Å². The first kappa shape index (κ1) is 31.4. The van der Waals surface area contributed by atoms with Gasteiger partial charge in [0.15, 0.2) is 8.32 Å². The van der Waals surface area contributed by atoms with Crippen LogP contribution in [0.5, 0.6) is 0 Å². The predicted molar refractivity (Wildman–Crippen MR) is 167 cm³/mol. The van der Waals surface area contributed by atoms with Gasteiger partial charge in [-0.1, -0.05) is 20.8 Å². The van der Waals surface area contributed by atoms with Gasteiger partial charge in [-0.3, -0.25) is 19.3 Å². The number of hydrogen-bond donors (Lipinski definition) is 1. The zero-order chi connectivity index (χ0) is 31.4. The molecule has 1 aromatic carbocycles. The van der Waals surface area contributed by atoms with E-state index in [1.807, 2.05) is 10.7 Å². The highest BCUT2D eigenvalue weighted by Crippen LogP contribution is 2.50. The molecule has 2 aliphatic heterocycles. The molecule has 5 rings (SSSR count). The molecule has 2 aromatic heterocycles. The third-order valence-electron chi connectivity index (χ3n) is 8.73. The van der Waals surface area contributed by atoms with E-state index in [4.69, 9.17) is 9.16 Å². The second-order valence-electron chi connectivity index (χ2n) is 12.4. The van der Waals surface area contributed by atoms with Gasteiger partial charge in [-0.25, -0.2) is 9.78 Å². The van der Waals surface area contributed by atoms with Gasteiger partial charge in [0.2, 0.25) is 5.91 Å². The number of thioether (sulfide) groups is 1. The van der Waals surface area contributed by atoms with Crippen molar-refractivity contribution in [3.05, 3.63) is 62.5 Å². The zero-order valence-electron chi connectivity index (χ0n) is 25.2. The number of ether oxygens (including phenoxy) is 1. The molecule has 4 heterocycles.